The molecule has 0 N–H and O–H groups in total. The lowest BCUT2D eigenvalue weighted by molar-refractivity contribution is -0.166. The Balaban J connectivity index is 4.50. The molecule has 0 aromatic carbocycles. The van der Waals surface area contributed by atoms with E-state index in [-0.39, 0.29) is 38.0 Å². The van der Waals surface area contributed by atoms with E-state index in [9.17, 15) is 14.4 Å². The smallest absolute Gasteiger partial charge is 0.306 e. The van der Waals surface area contributed by atoms with Gasteiger partial charge in [0.15, 0.2) is 6.10 Å². The van der Waals surface area contributed by atoms with E-state index in [2.05, 4.69) is 154 Å². The maximum absolute atomic E-state index is 12.9. The fourth-order valence-corrected chi connectivity index (χ4v) is 8.56. The monoisotopic (exact) mass is 1090 g/mol. The molecule has 0 amide bonds. The summed E-state index contributed by atoms with van der Waals surface area (Å²) >= 11 is 0. The molecule has 6 nitrogen and oxygen atoms in total. The van der Waals surface area contributed by atoms with E-state index in [1.54, 1.807) is 0 Å². The van der Waals surface area contributed by atoms with E-state index >= 15 is 0 Å². The molecule has 1 atom stereocenters. The van der Waals surface area contributed by atoms with Crippen LogP contribution in [-0.2, 0) is 28.6 Å². The molecule has 446 valence electrons. The first-order valence-corrected chi connectivity index (χ1v) is 32.3. The third kappa shape index (κ3) is 64.0. The highest BCUT2D eigenvalue weighted by atomic mass is 16.6. The van der Waals surface area contributed by atoms with E-state index in [0.717, 1.165) is 96.3 Å². The number of hydrogen-bond donors (Lipinski definition) is 0. The van der Waals surface area contributed by atoms with Crippen molar-refractivity contribution in [3.05, 3.63) is 146 Å². The minimum absolute atomic E-state index is 0.130. The van der Waals surface area contributed by atoms with Crippen molar-refractivity contribution in [3.8, 4) is 0 Å². The summed E-state index contributed by atoms with van der Waals surface area (Å²) < 4.78 is 16.8. The number of allylic oxidation sites excluding steroid dienone is 24. The Bertz CT molecular complexity index is 1730. The van der Waals surface area contributed by atoms with Crippen LogP contribution in [0.3, 0.4) is 0 Å². The summed E-state index contributed by atoms with van der Waals surface area (Å²) in [7, 11) is 0. The van der Waals surface area contributed by atoms with Gasteiger partial charge in [0.25, 0.3) is 0 Å². The SMILES string of the molecule is CC/C=C\C/C=C\C/C=C\C/C=C\C/C=C\C/C=C\CCC(=O)OC(COC(=O)CCC/C=C\C/C=C\C/C=C\C/C=C\C/C=C\CC)COC(=O)CCCCCCCCCCCCCCC/C=C\CCCCCCCCCC. The fraction of sp³-hybridized carbons (Fsp3) is 0.630. The van der Waals surface area contributed by atoms with Crippen LogP contribution in [0.1, 0.15) is 278 Å². The Morgan fingerprint density at radius 3 is 0.886 bits per heavy atom. The molecule has 0 aliphatic rings. The van der Waals surface area contributed by atoms with Crippen LogP contribution in [0.15, 0.2) is 146 Å². The molecule has 0 spiro atoms. The van der Waals surface area contributed by atoms with Crippen molar-refractivity contribution in [2.75, 3.05) is 13.2 Å². The van der Waals surface area contributed by atoms with Gasteiger partial charge in [-0.15, -0.1) is 0 Å². The lowest BCUT2D eigenvalue weighted by atomic mass is 10.0. The lowest BCUT2D eigenvalue weighted by Crippen LogP contribution is -2.30. The molecular formula is C73H118O6. The Kier molecular flexibility index (Phi) is 61.9. The van der Waals surface area contributed by atoms with Crippen LogP contribution >= 0.6 is 0 Å². The molecule has 0 bridgehead atoms. The second-order valence-corrected chi connectivity index (χ2v) is 20.9. The van der Waals surface area contributed by atoms with E-state index in [0.29, 0.717) is 19.3 Å². The van der Waals surface area contributed by atoms with Gasteiger partial charge in [-0.2, -0.15) is 0 Å². The minimum Gasteiger partial charge on any atom is -0.462 e. The van der Waals surface area contributed by atoms with Gasteiger partial charge in [0.1, 0.15) is 13.2 Å². The molecule has 0 aromatic heterocycles. The van der Waals surface area contributed by atoms with Crippen LogP contribution in [0.25, 0.3) is 0 Å². The number of unbranched alkanes of at least 4 members (excludes halogenated alkanes) is 22. The molecule has 0 saturated carbocycles. The average molecular weight is 1090 g/mol. The Labute approximate surface area is 487 Å². The second-order valence-electron chi connectivity index (χ2n) is 20.9. The molecule has 0 saturated heterocycles. The van der Waals surface area contributed by atoms with Crippen LogP contribution in [-0.4, -0.2) is 37.2 Å². The van der Waals surface area contributed by atoms with Crippen LogP contribution in [0, 0.1) is 0 Å². The summed E-state index contributed by atoms with van der Waals surface area (Å²) in [5.41, 5.74) is 0. The molecule has 0 rings (SSSR count). The highest BCUT2D eigenvalue weighted by Crippen LogP contribution is 2.15. The third-order valence-corrected chi connectivity index (χ3v) is 13.3. The van der Waals surface area contributed by atoms with Gasteiger partial charge in [0, 0.05) is 19.3 Å². The highest BCUT2D eigenvalue weighted by Gasteiger charge is 2.19. The van der Waals surface area contributed by atoms with Gasteiger partial charge in [-0.25, -0.2) is 0 Å². The molecule has 0 aliphatic carbocycles. The molecular weight excluding hydrogens is 973 g/mol. The van der Waals surface area contributed by atoms with Crippen LogP contribution in [0.5, 0.6) is 0 Å². The van der Waals surface area contributed by atoms with Crippen molar-refractivity contribution in [2.45, 2.75) is 284 Å². The maximum Gasteiger partial charge on any atom is 0.306 e. The van der Waals surface area contributed by atoms with Crippen LogP contribution in [0.4, 0.5) is 0 Å². The molecule has 0 radical (unpaired) electrons. The molecule has 0 fully saturated rings. The standard InChI is InChI=1S/C73H118O6/c1-4-7-10-13-16-19-22-25-28-31-33-34-35-36-37-38-40-42-45-48-51-54-57-60-63-66-72(75)78-69-70(68-77-71(74)65-62-59-56-53-50-47-44-41-30-27-24-21-18-15-12-9-6-3)79-73(76)67-64-61-58-55-52-49-46-43-39-32-29-26-23-20-17-14-11-8-5-2/h8-9,11-12,17-18,20-21,26-27,29-31,33,39,43-44,47,49,52-53,56,58,61,70H,4-7,10,13-16,19,22-25,28,32,34-38,40-42,45-46,48,50-51,54-55,57,59-60,62-69H2,1-3H3/b11-8-,12-9-,20-17-,21-18-,29-26-,30-27-,33-31-,43-39-,47-44-,52-49-,56-53-,61-58-. The molecule has 1 unspecified atom stereocenters. The predicted octanol–water partition coefficient (Wildman–Crippen LogP) is 22.3. The summed E-state index contributed by atoms with van der Waals surface area (Å²) in [5.74, 6) is -1.08. The van der Waals surface area contributed by atoms with Gasteiger partial charge < -0.3 is 14.2 Å². The second kappa shape index (κ2) is 65.8. The summed E-state index contributed by atoms with van der Waals surface area (Å²) in [4.78, 5) is 38.3. The predicted molar refractivity (Wildman–Crippen MR) is 343 cm³/mol. The van der Waals surface area contributed by atoms with E-state index in [1.165, 1.54) is 128 Å². The summed E-state index contributed by atoms with van der Waals surface area (Å²) in [6.45, 7) is 6.31. The van der Waals surface area contributed by atoms with E-state index < -0.39 is 12.1 Å². The molecule has 0 aliphatic heterocycles. The summed E-state index contributed by atoms with van der Waals surface area (Å²) in [6.07, 6.45) is 94.5. The topological polar surface area (TPSA) is 78.9 Å². The zero-order valence-corrected chi connectivity index (χ0v) is 51.1. The van der Waals surface area contributed by atoms with E-state index in [1.807, 2.05) is 12.2 Å². The number of ether oxygens (including phenoxy) is 3. The minimum atomic E-state index is -0.849. The first kappa shape index (κ1) is 74.3. The zero-order chi connectivity index (χ0) is 57.1. The van der Waals surface area contributed by atoms with Crippen LogP contribution in [0.2, 0.25) is 0 Å². The molecule has 6 heteroatoms. The van der Waals surface area contributed by atoms with Crippen LogP contribution < -0.4 is 0 Å². The summed E-state index contributed by atoms with van der Waals surface area (Å²) in [5, 5.41) is 0. The van der Waals surface area contributed by atoms with Gasteiger partial charge in [-0.1, -0.05) is 282 Å². The van der Waals surface area contributed by atoms with E-state index in [4.69, 9.17) is 14.2 Å². The van der Waals surface area contributed by atoms with Crippen molar-refractivity contribution < 1.29 is 28.6 Å². The summed E-state index contributed by atoms with van der Waals surface area (Å²) in [6, 6.07) is 0. The van der Waals surface area contributed by atoms with Crippen molar-refractivity contribution >= 4 is 17.9 Å². The van der Waals surface area contributed by atoms with Crippen molar-refractivity contribution in [1.82, 2.24) is 0 Å². The molecule has 0 aromatic rings. The Hall–Kier alpha value is -4.71. The Morgan fingerprint density at radius 1 is 0.266 bits per heavy atom. The quantitative estimate of drug-likeness (QED) is 0.0261. The number of carbonyl (C=O) groups is 3. The van der Waals surface area contributed by atoms with Gasteiger partial charge >= 0.3 is 17.9 Å². The normalized spacial score (nSPS) is 13.1. The van der Waals surface area contributed by atoms with Crippen molar-refractivity contribution in [2.24, 2.45) is 0 Å². The van der Waals surface area contributed by atoms with Gasteiger partial charge in [-0.3, -0.25) is 14.4 Å². The average Bonchev–Trinajstić information content (AvgIpc) is 3.45. The zero-order valence-electron chi connectivity index (χ0n) is 51.1. The number of esters is 3. The Morgan fingerprint density at radius 2 is 0.532 bits per heavy atom. The molecule has 0 heterocycles. The number of carbonyl (C=O) groups excluding carboxylic acids is 3. The maximum atomic E-state index is 12.9. The first-order chi connectivity index (χ1) is 39.0. The highest BCUT2D eigenvalue weighted by molar-refractivity contribution is 5.71. The first-order valence-electron chi connectivity index (χ1n) is 32.3. The number of rotatable bonds is 57. The largest absolute Gasteiger partial charge is 0.462 e. The molecule has 79 heavy (non-hydrogen) atoms. The van der Waals surface area contributed by atoms with Gasteiger partial charge in [-0.05, 0) is 122 Å². The van der Waals surface area contributed by atoms with Crippen molar-refractivity contribution in [1.29, 1.82) is 0 Å². The number of hydrogen-bond acceptors (Lipinski definition) is 6. The van der Waals surface area contributed by atoms with Gasteiger partial charge in [0.05, 0.1) is 0 Å². The third-order valence-electron chi connectivity index (χ3n) is 13.3. The fourth-order valence-electron chi connectivity index (χ4n) is 8.56. The van der Waals surface area contributed by atoms with Gasteiger partial charge in [0.2, 0.25) is 0 Å². The van der Waals surface area contributed by atoms with Crippen molar-refractivity contribution in [3.63, 3.8) is 0 Å². The lowest BCUT2D eigenvalue weighted by Gasteiger charge is -2.18.